The molecular weight excluding hydrogens is 354 g/mol. The minimum Gasteiger partial charge on any atom is -0.490 e. The van der Waals surface area contributed by atoms with Crippen LogP contribution in [0.2, 0.25) is 0 Å². The molecule has 0 radical (unpaired) electrons. The van der Waals surface area contributed by atoms with Gasteiger partial charge in [-0.3, -0.25) is 0 Å². The summed E-state index contributed by atoms with van der Waals surface area (Å²) in [5.74, 6) is 1.47. The van der Waals surface area contributed by atoms with E-state index in [4.69, 9.17) is 15.2 Å². The zero-order valence-electron chi connectivity index (χ0n) is 14.1. The molecule has 5 heteroatoms. The smallest absolute Gasteiger partial charge is 0.161 e. The van der Waals surface area contributed by atoms with Crippen molar-refractivity contribution in [2.24, 2.45) is 5.73 Å². The average molecular weight is 376 g/mol. The Morgan fingerprint density at radius 1 is 0.960 bits per heavy atom. The van der Waals surface area contributed by atoms with E-state index in [1.807, 2.05) is 60.8 Å². The molecule has 1 aromatic heterocycles. The molecule has 1 atom stereocenters. The number of nitrogens with two attached hydrogens (primary N) is 1. The van der Waals surface area contributed by atoms with Gasteiger partial charge in [0.15, 0.2) is 11.5 Å². The molecule has 1 heterocycles. The third-order valence-corrected chi connectivity index (χ3v) is 4.47. The van der Waals surface area contributed by atoms with Crippen molar-refractivity contribution in [3.63, 3.8) is 0 Å². The Hall–Kier alpha value is -2.01. The molecule has 0 saturated carbocycles. The zero-order chi connectivity index (χ0) is 16.8. The Morgan fingerprint density at radius 2 is 1.76 bits per heavy atom. The fourth-order valence-electron chi connectivity index (χ4n) is 2.49. The lowest BCUT2D eigenvalue weighted by Gasteiger charge is -2.16. The Morgan fingerprint density at radius 3 is 2.44 bits per heavy atom. The number of ether oxygens (including phenoxy) is 2. The number of hydrogen-bond donors (Lipinski definition) is 1. The summed E-state index contributed by atoms with van der Waals surface area (Å²) in [5, 5.41) is 4.11. The van der Waals surface area contributed by atoms with Crippen molar-refractivity contribution in [3.8, 4) is 11.5 Å². The summed E-state index contributed by atoms with van der Waals surface area (Å²) >= 11 is 1.65. The number of thiophene rings is 1. The lowest BCUT2D eigenvalue weighted by atomic mass is 10.0. The first-order chi connectivity index (χ1) is 11.8. The van der Waals surface area contributed by atoms with E-state index in [1.54, 1.807) is 11.3 Å². The molecule has 0 aliphatic rings. The van der Waals surface area contributed by atoms with Crippen molar-refractivity contribution < 1.29 is 9.47 Å². The summed E-state index contributed by atoms with van der Waals surface area (Å²) in [5.41, 5.74) is 9.60. The highest BCUT2D eigenvalue weighted by Gasteiger charge is 2.13. The summed E-state index contributed by atoms with van der Waals surface area (Å²) in [4.78, 5) is 0. The Bertz CT molecular complexity index is 763. The maximum absolute atomic E-state index is 6.35. The van der Waals surface area contributed by atoms with E-state index < -0.39 is 0 Å². The summed E-state index contributed by atoms with van der Waals surface area (Å²) in [7, 11) is 0. The van der Waals surface area contributed by atoms with Crippen LogP contribution in [0.3, 0.4) is 0 Å². The molecule has 132 valence electrons. The van der Waals surface area contributed by atoms with Gasteiger partial charge in [-0.15, -0.1) is 12.4 Å². The molecule has 3 nitrogen and oxygen atoms in total. The van der Waals surface area contributed by atoms with E-state index in [9.17, 15) is 0 Å². The van der Waals surface area contributed by atoms with Gasteiger partial charge in [-0.1, -0.05) is 36.4 Å². The van der Waals surface area contributed by atoms with Crippen LogP contribution in [-0.2, 0) is 6.61 Å². The first-order valence-electron chi connectivity index (χ1n) is 7.99. The van der Waals surface area contributed by atoms with Crippen LogP contribution < -0.4 is 15.2 Å². The van der Waals surface area contributed by atoms with Crippen molar-refractivity contribution in [2.45, 2.75) is 19.6 Å². The lowest BCUT2D eigenvalue weighted by Crippen LogP contribution is -2.11. The molecule has 0 unspecified atom stereocenters. The largest absolute Gasteiger partial charge is 0.490 e. The molecule has 0 amide bonds. The van der Waals surface area contributed by atoms with Gasteiger partial charge in [0.2, 0.25) is 0 Å². The Balaban J connectivity index is 0.00000225. The summed E-state index contributed by atoms with van der Waals surface area (Å²) in [6.07, 6.45) is 0. The van der Waals surface area contributed by atoms with Gasteiger partial charge in [-0.25, -0.2) is 0 Å². The fourth-order valence-corrected chi connectivity index (χ4v) is 3.18. The highest BCUT2D eigenvalue weighted by Crippen LogP contribution is 2.33. The van der Waals surface area contributed by atoms with E-state index in [0.29, 0.717) is 13.2 Å². The third kappa shape index (κ3) is 4.98. The highest BCUT2D eigenvalue weighted by atomic mass is 35.5. The normalized spacial score (nSPS) is 11.4. The van der Waals surface area contributed by atoms with Crippen molar-refractivity contribution >= 4 is 23.7 Å². The van der Waals surface area contributed by atoms with Crippen LogP contribution in [0.1, 0.15) is 29.7 Å². The molecule has 3 rings (SSSR count). The molecule has 2 aromatic carbocycles. The fraction of sp³-hybridized carbons (Fsp3) is 0.200. The molecule has 0 bridgehead atoms. The molecule has 0 aliphatic carbocycles. The van der Waals surface area contributed by atoms with Crippen LogP contribution in [-0.4, -0.2) is 6.61 Å². The van der Waals surface area contributed by atoms with Crippen LogP contribution in [0, 0.1) is 0 Å². The van der Waals surface area contributed by atoms with Gasteiger partial charge in [0, 0.05) is 0 Å². The third-order valence-electron chi connectivity index (χ3n) is 3.77. The molecule has 0 aliphatic heterocycles. The van der Waals surface area contributed by atoms with Crippen molar-refractivity contribution in [1.29, 1.82) is 0 Å². The molecule has 0 saturated heterocycles. The Kier molecular flexibility index (Phi) is 7.31. The number of benzene rings is 2. The molecule has 3 aromatic rings. The standard InChI is InChI=1S/C20H21NO2S.ClH/c1-2-22-19-12-16(20(21)17-10-11-24-14-17)8-9-18(19)23-13-15-6-4-3-5-7-15;/h3-12,14,20H,2,13,21H2,1H3;1H/t20-;/m0./s1. The predicted octanol–water partition coefficient (Wildman–Crippen LogP) is 5.20. The Labute approximate surface area is 158 Å². The molecule has 0 spiro atoms. The van der Waals surface area contributed by atoms with Gasteiger partial charge >= 0.3 is 0 Å². The molecule has 25 heavy (non-hydrogen) atoms. The zero-order valence-corrected chi connectivity index (χ0v) is 15.7. The van der Waals surface area contributed by atoms with Gasteiger partial charge in [0.1, 0.15) is 6.61 Å². The monoisotopic (exact) mass is 375 g/mol. The van der Waals surface area contributed by atoms with Crippen LogP contribution in [0.15, 0.2) is 65.4 Å². The van der Waals surface area contributed by atoms with Gasteiger partial charge < -0.3 is 15.2 Å². The van der Waals surface area contributed by atoms with Crippen LogP contribution >= 0.6 is 23.7 Å². The van der Waals surface area contributed by atoms with Crippen LogP contribution in [0.25, 0.3) is 0 Å². The number of hydrogen-bond acceptors (Lipinski definition) is 4. The quantitative estimate of drug-likeness (QED) is 0.617. The minimum absolute atomic E-state index is 0. The maximum Gasteiger partial charge on any atom is 0.161 e. The van der Waals surface area contributed by atoms with E-state index in [0.717, 1.165) is 28.2 Å². The number of rotatable bonds is 7. The van der Waals surface area contributed by atoms with E-state index in [1.165, 1.54) is 0 Å². The van der Waals surface area contributed by atoms with Crippen molar-refractivity contribution in [3.05, 3.63) is 82.0 Å². The lowest BCUT2D eigenvalue weighted by molar-refractivity contribution is 0.269. The van der Waals surface area contributed by atoms with Crippen molar-refractivity contribution in [2.75, 3.05) is 6.61 Å². The second-order valence-corrected chi connectivity index (χ2v) is 6.23. The van der Waals surface area contributed by atoms with E-state index in [2.05, 4.69) is 11.4 Å². The summed E-state index contributed by atoms with van der Waals surface area (Å²) in [6, 6.07) is 17.9. The SMILES string of the molecule is CCOc1cc([C@H](N)c2ccsc2)ccc1OCc1ccccc1.Cl. The van der Waals surface area contributed by atoms with E-state index in [-0.39, 0.29) is 18.4 Å². The second-order valence-electron chi connectivity index (χ2n) is 5.45. The van der Waals surface area contributed by atoms with Crippen LogP contribution in [0.4, 0.5) is 0 Å². The highest BCUT2D eigenvalue weighted by molar-refractivity contribution is 7.08. The van der Waals surface area contributed by atoms with Gasteiger partial charge in [0.25, 0.3) is 0 Å². The average Bonchev–Trinajstić information content (AvgIpc) is 3.16. The summed E-state index contributed by atoms with van der Waals surface area (Å²) < 4.78 is 11.7. The maximum atomic E-state index is 6.35. The van der Waals surface area contributed by atoms with Crippen molar-refractivity contribution in [1.82, 2.24) is 0 Å². The molecule has 0 fully saturated rings. The van der Waals surface area contributed by atoms with E-state index >= 15 is 0 Å². The molecule has 2 N–H and O–H groups in total. The molecular formula is C20H22ClNO2S. The van der Waals surface area contributed by atoms with Crippen LogP contribution in [0.5, 0.6) is 11.5 Å². The first-order valence-corrected chi connectivity index (χ1v) is 8.93. The topological polar surface area (TPSA) is 44.5 Å². The summed E-state index contributed by atoms with van der Waals surface area (Å²) in [6.45, 7) is 3.06. The van der Waals surface area contributed by atoms with Gasteiger partial charge in [-0.2, -0.15) is 11.3 Å². The number of halogens is 1. The van der Waals surface area contributed by atoms with Gasteiger partial charge in [0.05, 0.1) is 12.6 Å². The predicted molar refractivity (Wildman–Crippen MR) is 106 cm³/mol. The second kappa shape index (κ2) is 9.47. The van der Waals surface area contributed by atoms with Gasteiger partial charge in [-0.05, 0) is 52.6 Å². The first kappa shape index (κ1) is 19.3. The minimum atomic E-state index is -0.154.